The molecule has 0 aromatic rings. The zero-order chi connectivity index (χ0) is 11.7. The van der Waals surface area contributed by atoms with Gasteiger partial charge in [0, 0.05) is 6.54 Å². The van der Waals surface area contributed by atoms with Crippen molar-refractivity contribution < 1.29 is 30.3 Å². The second-order valence-electron chi connectivity index (χ2n) is 2.53. The van der Waals surface area contributed by atoms with Crippen molar-refractivity contribution in [3.8, 4) is 0 Å². The van der Waals surface area contributed by atoms with Gasteiger partial charge >= 0.3 is 0 Å². The van der Waals surface area contributed by atoms with Gasteiger partial charge in [0.1, 0.15) is 25.1 Å². The lowest BCUT2D eigenvalue weighted by molar-refractivity contribution is -0.112. The zero-order valence-corrected chi connectivity index (χ0v) is 7.65. The SMILES string of the molecule is C=O.NC[C@H](O)[C@@H](O)[C@H](O)[C@H](O)CO. The molecule has 0 aliphatic heterocycles. The molecule has 0 amide bonds. The van der Waals surface area contributed by atoms with E-state index in [9.17, 15) is 0 Å². The normalized spacial score (nSPS) is 18.7. The Morgan fingerprint density at radius 1 is 1.00 bits per heavy atom. The summed E-state index contributed by atoms with van der Waals surface area (Å²) in [6.45, 7) is 1.09. The van der Waals surface area contributed by atoms with E-state index in [4.69, 9.17) is 36.1 Å². The Kier molecular flexibility index (Phi) is 10.2. The Labute approximate surface area is 81.4 Å². The first-order chi connectivity index (χ1) is 6.54. The number of rotatable bonds is 5. The van der Waals surface area contributed by atoms with Crippen LogP contribution in [-0.4, -0.2) is 69.9 Å². The van der Waals surface area contributed by atoms with E-state index in [0.717, 1.165) is 0 Å². The number of nitrogens with two attached hydrogens (primary N) is 1. The molecule has 0 fully saturated rings. The molecule has 0 bridgehead atoms. The maximum absolute atomic E-state index is 9.04. The van der Waals surface area contributed by atoms with Gasteiger partial charge in [0.15, 0.2) is 0 Å². The minimum Gasteiger partial charge on any atom is -0.394 e. The van der Waals surface area contributed by atoms with Gasteiger partial charge in [-0.1, -0.05) is 0 Å². The van der Waals surface area contributed by atoms with Crippen molar-refractivity contribution >= 4 is 6.79 Å². The van der Waals surface area contributed by atoms with Crippen molar-refractivity contribution in [2.75, 3.05) is 13.2 Å². The summed E-state index contributed by atoms with van der Waals surface area (Å²) in [5, 5.41) is 44.2. The standard InChI is InChI=1S/C6H15NO5.CH2O/c7-1-3(9)5(11)6(12)4(10)2-8;1-2/h3-6,8-12H,1-2,7H2;1H2/t3-,4+,5+,6+;/m0./s1. The fraction of sp³-hybridized carbons (Fsp3) is 0.857. The van der Waals surface area contributed by atoms with Gasteiger partial charge in [-0.25, -0.2) is 0 Å². The van der Waals surface area contributed by atoms with Crippen LogP contribution in [0.15, 0.2) is 0 Å². The topological polar surface area (TPSA) is 144 Å². The average molecular weight is 211 g/mol. The minimum absolute atomic E-state index is 0.226. The van der Waals surface area contributed by atoms with Gasteiger partial charge in [-0.15, -0.1) is 0 Å². The number of hydrogen-bond acceptors (Lipinski definition) is 7. The number of aliphatic hydroxyl groups is 5. The van der Waals surface area contributed by atoms with Gasteiger partial charge in [-0.05, 0) is 0 Å². The Morgan fingerprint density at radius 3 is 1.64 bits per heavy atom. The molecule has 0 radical (unpaired) electrons. The summed E-state index contributed by atoms with van der Waals surface area (Å²) in [6, 6.07) is 0. The molecule has 0 aromatic carbocycles. The van der Waals surface area contributed by atoms with E-state index in [2.05, 4.69) is 0 Å². The van der Waals surface area contributed by atoms with Crippen LogP contribution in [0.4, 0.5) is 0 Å². The van der Waals surface area contributed by atoms with Gasteiger partial charge in [-0.3, -0.25) is 0 Å². The molecular formula is C7H17NO6. The maximum Gasteiger partial charge on any atom is 0.111 e. The third-order valence-corrected chi connectivity index (χ3v) is 1.57. The fourth-order valence-corrected chi connectivity index (χ4v) is 0.703. The van der Waals surface area contributed by atoms with Crippen molar-refractivity contribution in [1.82, 2.24) is 0 Å². The lowest BCUT2D eigenvalue weighted by Gasteiger charge is -2.24. The van der Waals surface area contributed by atoms with Gasteiger partial charge in [-0.2, -0.15) is 0 Å². The summed E-state index contributed by atoms with van der Waals surface area (Å²) < 4.78 is 0. The fourth-order valence-electron chi connectivity index (χ4n) is 0.703. The van der Waals surface area contributed by atoms with Crippen molar-refractivity contribution in [3.63, 3.8) is 0 Å². The molecule has 4 atom stereocenters. The molecule has 0 saturated heterocycles. The van der Waals surface area contributed by atoms with Crippen LogP contribution in [0.1, 0.15) is 0 Å². The number of aliphatic hydroxyl groups excluding tert-OH is 5. The lowest BCUT2D eigenvalue weighted by Crippen LogP contribution is -2.48. The van der Waals surface area contributed by atoms with Crippen molar-refractivity contribution in [2.45, 2.75) is 24.4 Å². The smallest absolute Gasteiger partial charge is 0.111 e. The molecule has 0 aliphatic rings. The van der Waals surface area contributed by atoms with Crippen molar-refractivity contribution in [2.24, 2.45) is 5.73 Å². The van der Waals surface area contributed by atoms with E-state index in [0.29, 0.717) is 0 Å². The summed E-state index contributed by atoms with van der Waals surface area (Å²) in [7, 11) is 0. The molecule has 86 valence electrons. The van der Waals surface area contributed by atoms with E-state index in [1.54, 1.807) is 0 Å². The molecule has 0 heterocycles. The minimum atomic E-state index is -1.59. The van der Waals surface area contributed by atoms with Crippen LogP contribution < -0.4 is 5.73 Å². The van der Waals surface area contributed by atoms with Crippen LogP contribution in [0.25, 0.3) is 0 Å². The molecule has 7 N–H and O–H groups in total. The third kappa shape index (κ3) is 5.22. The predicted molar refractivity (Wildman–Crippen MR) is 47.3 cm³/mol. The van der Waals surface area contributed by atoms with Crippen LogP contribution in [0.2, 0.25) is 0 Å². The van der Waals surface area contributed by atoms with Crippen molar-refractivity contribution in [1.29, 1.82) is 0 Å². The highest BCUT2D eigenvalue weighted by Crippen LogP contribution is 2.03. The van der Waals surface area contributed by atoms with E-state index < -0.39 is 31.0 Å². The van der Waals surface area contributed by atoms with E-state index >= 15 is 0 Å². The van der Waals surface area contributed by atoms with Gasteiger partial charge in [0.05, 0.1) is 12.7 Å². The molecule has 0 aliphatic carbocycles. The first-order valence-corrected chi connectivity index (χ1v) is 3.86. The Bertz CT molecular complexity index is 121. The Balaban J connectivity index is 0. The molecule has 0 spiro atoms. The summed E-state index contributed by atoms with van der Waals surface area (Å²) in [6.07, 6.45) is -5.91. The quantitative estimate of drug-likeness (QED) is 0.273. The molecule has 0 rings (SSSR count). The highest BCUT2D eigenvalue weighted by molar-refractivity contribution is 5.10. The Hall–Kier alpha value is -0.570. The molecule has 0 saturated carbocycles. The third-order valence-electron chi connectivity index (χ3n) is 1.57. The maximum atomic E-state index is 9.04. The van der Waals surface area contributed by atoms with E-state index in [1.165, 1.54) is 0 Å². The second-order valence-corrected chi connectivity index (χ2v) is 2.53. The van der Waals surface area contributed by atoms with Crippen LogP contribution in [0.3, 0.4) is 0 Å². The van der Waals surface area contributed by atoms with Crippen LogP contribution >= 0.6 is 0 Å². The molecular weight excluding hydrogens is 194 g/mol. The van der Waals surface area contributed by atoms with Gasteiger partial charge < -0.3 is 36.1 Å². The van der Waals surface area contributed by atoms with Crippen LogP contribution in [0, 0.1) is 0 Å². The zero-order valence-electron chi connectivity index (χ0n) is 7.65. The molecule has 14 heavy (non-hydrogen) atoms. The highest BCUT2D eigenvalue weighted by Gasteiger charge is 2.28. The molecule has 0 aromatic heterocycles. The highest BCUT2D eigenvalue weighted by atomic mass is 16.4. The largest absolute Gasteiger partial charge is 0.394 e. The average Bonchev–Trinajstić information content (AvgIpc) is 2.27. The van der Waals surface area contributed by atoms with Gasteiger partial charge in [0.25, 0.3) is 0 Å². The number of carbonyl (C=O) groups is 1. The monoisotopic (exact) mass is 211 g/mol. The van der Waals surface area contributed by atoms with Crippen LogP contribution in [0.5, 0.6) is 0 Å². The predicted octanol–water partition coefficient (Wildman–Crippen LogP) is -3.80. The van der Waals surface area contributed by atoms with Gasteiger partial charge in [0.2, 0.25) is 0 Å². The van der Waals surface area contributed by atoms with E-state index in [1.807, 2.05) is 6.79 Å². The second kappa shape index (κ2) is 9.00. The summed E-state index contributed by atoms with van der Waals surface area (Å²) in [4.78, 5) is 8.00. The summed E-state index contributed by atoms with van der Waals surface area (Å²) in [5.41, 5.74) is 4.99. The summed E-state index contributed by atoms with van der Waals surface area (Å²) >= 11 is 0. The number of hydrogen-bond donors (Lipinski definition) is 6. The number of carbonyl (C=O) groups excluding carboxylic acids is 1. The van der Waals surface area contributed by atoms with Crippen LogP contribution in [-0.2, 0) is 4.79 Å². The first kappa shape index (κ1) is 15.9. The first-order valence-electron chi connectivity index (χ1n) is 3.86. The molecule has 7 heteroatoms. The molecule has 7 nitrogen and oxygen atoms in total. The van der Waals surface area contributed by atoms with E-state index in [-0.39, 0.29) is 6.54 Å². The Morgan fingerprint density at radius 2 is 1.36 bits per heavy atom. The molecule has 0 unspecified atom stereocenters. The van der Waals surface area contributed by atoms with Crippen molar-refractivity contribution in [3.05, 3.63) is 0 Å². The summed E-state index contributed by atoms with van der Waals surface area (Å²) in [5.74, 6) is 0. The lowest BCUT2D eigenvalue weighted by atomic mass is 10.0.